The van der Waals surface area contributed by atoms with Crippen LogP contribution in [0.25, 0.3) is 0 Å². The number of halogens is 1. The second kappa shape index (κ2) is 5.51. The van der Waals surface area contributed by atoms with Crippen LogP contribution in [0.2, 0.25) is 5.02 Å². The van der Waals surface area contributed by atoms with Gasteiger partial charge in [-0.1, -0.05) is 29.8 Å². The average molecular weight is 301 g/mol. The van der Waals surface area contributed by atoms with Gasteiger partial charge in [-0.05, 0) is 54.4 Å². The molecule has 0 saturated carbocycles. The largest absolute Gasteiger partial charge is 0.326 e. The Bertz CT molecular complexity index is 712. The van der Waals surface area contributed by atoms with Gasteiger partial charge >= 0.3 is 0 Å². The molecule has 1 aliphatic heterocycles. The molecule has 0 aromatic heterocycles. The van der Waals surface area contributed by atoms with Crippen molar-refractivity contribution in [3.05, 3.63) is 63.7 Å². The van der Waals surface area contributed by atoms with Crippen molar-refractivity contribution in [2.24, 2.45) is 0 Å². The van der Waals surface area contributed by atoms with Crippen molar-refractivity contribution < 1.29 is 4.79 Å². The Labute approximate surface area is 129 Å². The van der Waals surface area contributed by atoms with E-state index in [9.17, 15) is 4.79 Å². The third-order valence-corrected chi connectivity index (χ3v) is 4.16. The Balaban J connectivity index is 2.03. The highest BCUT2D eigenvalue weighted by Gasteiger charge is 2.21. The van der Waals surface area contributed by atoms with Crippen LogP contribution in [0, 0.1) is 6.92 Å². The standard InChI is InChI=1S/C17H17ClN2O/c1-10-3-5-13(18)9-14(10)17(19-2)11-4-6-15-12(7-11)8-16(21)20-15/h3-7,9,17,19H,8H2,1-2H3,(H,20,21). The molecule has 1 unspecified atom stereocenters. The molecular formula is C17H17ClN2O. The number of nitrogens with one attached hydrogen (secondary N) is 2. The second-order valence-corrected chi connectivity index (χ2v) is 5.80. The monoisotopic (exact) mass is 300 g/mol. The summed E-state index contributed by atoms with van der Waals surface area (Å²) in [5, 5.41) is 6.93. The molecule has 2 aromatic carbocycles. The van der Waals surface area contributed by atoms with Crippen molar-refractivity contribution in [2.75, 3.05) is 12.4 Å². The minimum absolute atomic E-state index is 0.0575. The quantitative estimate of drug-likeness (QED) is 0.911. The molecule has 0 bridgehead atoms. The predicted molar refractivity (Wildman–Crippen MR) is 85.9 cm³/mol. The Kier molecular flexibility index (Phi) is 3.70. The number of amides is 1. The Morgan fingerprint density at radius 1 is 1.24 bits per heavy atom. The maximum absolute atomic E-state index is 11.5. The number of carbonyl (C=O) groups is 1. The van der Waals surface area contributed by atoms with Gasteiger partial charge in [0.05, 0.1) is 12.5 Å². The number of carbonyl (C=O) groups excluding carboxylic acids is 1. The van der Waals surface area contributed by atoms with E-state index < -0.39 is 0 Å². The molecule has 0 radical (unpaired) electrons. The van der Waals surface area contributed by atoms with Gasteiger partial charge in [0.1, 0.15) is 0 Å². The second-order valence-electron chi connectivity index (χ2n) is 5.36. The van der Waals surface area contributed by atoms with E-state index in [1.165, 1.54) is 5.56 Å². The topological polar surface area (TPSA) is 41.1 Å². The van der Waals surface area contributed by atoms with Gasteiger partial charge in [0.2, 0.25) is 5.91 Å². The molecule has 0 spiro atoms. The van der Waals surface area contributed by atoms with Gasteiger partial charge in [0.15, 0.2) is 0 Å². The van der Waals surface area contributed by atoms with Crippen molar-refractivity contribution in [3.8, 4) is 0 Å². The fraction of sp³-hybridized carbons (Fsp3) is 0.235. The summed E-state index contributed by atoms with van der Waals surface area (Å²) in [6.45, 7) is 2.08. The lowest BCUT2D eigenvalue weighted by Crippen LogP contribution is -2.18. The molecule has 3 nitrogen and oxygen atoms in total. The Morgan fingerprint density at radius 2 is 2.05 bits per heavy atom. The molecule has 1 heterocycles. The van der Waals surface area contributed by atoms with Crippen LogP contribution in [0.5, 0.6) is 0 Å². The number of hydrogen-bond acceptors (Lipinski definition) is 2. The van der Waals surface area contributed by atoms with Crippen molar-refractivity contribution >= 4 is 23.2 Å². The van der Waals surface area contributed by atoms with Gasteiger partial charge in [0, 0.05) is 10.7 Å². The molecule has 4 heteroatoms. The molecule has 2 N–H and O–H groups in total. The van der Waals surface area contributed by atoms with E-state index in [1.54, 1.807) is 0 Å². The van der Waals surface area contributed by atoms with E-state index >= 15 is 0 Å². The molecule has 1 amide bonds. The van der Waals surface area contributed by atoms with Crippen LogP contribution in [0.1, 0.15) is 28.3 Å². The maximum Gasteiger partial charge on any atom is 0.228 e. The van der Waals surface area contributed by atoms with Crippen LogP contribution >= 0.6 is 11.6 Å². The first-order valence-electron chi connectivity index (χ1n) is 6.94. The lowest BCUT2D eigenvalue weighted by Gasteiger charge is -2.20. The zero-order valence-electron chi connectivity index (χ0n) is 12.0. The average Bonchev–Trinajstić information content (AvgIpc) is 2.83. The number of aryl methyl sites for hydroxylation is 1. The first-order chi connectivity index (χ1) is 10.1. The molecule has 0 fully saturated rings. The zero-order valence-corrected chi connectivity index (χ0v) is 12.8. The first kappa shape index (κ1) is 14.1. The minimum Gasteiger partial charge on any atom is -0.326 e. The van der Waals surface area contributed by atoms with E-state index in [0.29, 0.717) is 6.42 Å². The zero-order chi connectivity index (χ0) is 15.0. The van der Waals surface area contributed by atoms with Gasteiger partial charge in [-0.25, -0.2) is 0 Å². The van der Waals surface area contributed by atoms with Gasteiger partial charge in [-0.3, -0.25) is 4.79 Å². The molecule has 0 saturated heterocycles. The molecule has 2 aromatic rings. The number of anilines is 1. The molecule has 1 atom stereocenters. The summed E-state index contributed by atoms with van der Waals surface area (Å²) in [6.07, 6.45) is 0.453. The van der Waals surface area contributed by atoms with Gasteiger partial charge in [-0.15, -0.1) is 0 Å². The highest BCUT2D eigenvalue weighted by molar-refractivity contribution is 6.30. The highest BCUT2D eigenvalue weighted by Crippen LogP contribution is 2.31. The molecule has 21 heavy (non-hydrogen) atoms. The van der Waals surface area contributed by atoms with Gasteiger partial charge in [0.25, 0.3) is 0 Å². The fourth-order valence-electron chi connectivity index (χ4n) is 2.85. The smallest absolute Gasteiger partial charge is 0.228 e. The molecule has 108 valence electrons. The van der Waals surface area contributed by atoms with Crippen LogP contribution in [-0.2, 0) is 11.2 Å². The number of hydrogen-bond donors (Lipinski definition) is 2. The lowest BCUT2D eigenvalue weighted by molar-refractivity contribution is -0.115. The number of rotatable bonds is 3. The summed E-state index contributed by atoms with van der Waals surface area (Å²) in [4.78, 5) is 11.5. The van der Waals surface area contributed by atoms with E-state index in [4.69, 9.17) is 11.6 Å². The van der Waals surface area contributed by atoms with Gasteiger partial charge < -0.3 is 10.6 Å². The van der Waals surface area contributed by atoms with E-state index in [2.05, 4.69) is 23.6 Å². The van der Waals surface area contributed by atoms with Crippen LogP contribution in [-0.4, -0.2) is 13.0 Å². The third-order valence-electron chi connectivity index (χ3n) is 3.93. The summed E-state index contributed by atoms with van der Waals surface area (Å²) in [5.41, 5.74) is 5.45. The van der Waals surface area contributed by atoms with Crippen LogP contribution < -0.4 is 10.6 Å². The Hall–Kier alpha value is -1.84. The SMILES string of the molecule is CNC(c1ccc2c(c1)CC(=O)N2)c1cc(Cl)ccc1C. The first-order valence-corrected chi connectivity index (χ1v) is 7.32. The summed E-state index contributed by atoms with van der Waals surface area (Å²) < 4.78 is 0. The predicted octanol–water partition coefficient (Wildman–Crippen LogP) is 3.45. The maximum atomic E-state index is 11.5. The molecular weight excluding hydrogens is 284 g/mol. The lowest BCUT2D eigenvalue weighted by atomic mass is 9.93. The van der Waals surface area contributed by atoms with Crippen molar-refractivity contribution in [1.29, 1.82) is 0 Å². The number of benzene rings is 2. The Morgan fingerprint density at radius 3 is 2.81 bits per heavy atom. The molecule has 0 aliphatic carbocycles. The van der Waals surface area contributed by atoms with E-state index in [-0.39, 0.29) is 11.9 Å². The van der Waals surface area contributed by atoms with E-state index in [1.807, 2.05) is 37.4 Å². The molecule has 1 aliphatic rings. The fourth-order valence-corrected chi connectivity index (χ4v) is 3.03. The van der Waals surface area contributed by atoms with Gasteiger partial charge in [-0.2, -0.15) is 0 Å². The van der Waals surface area contributed by atoms with Crippen LogP contribution in [0.4, 0.5) is 5.69 Å². The van der Waals surface area contributed by atoms with Crippen molar-refractivity contribution in [2.45, 2.75) is 19.4 Å². The normalized spacial score (nSPS) is 14.7. The molecule has 3 rings (SSSR count). The van der Waals surface area contributed by atoms with Crippen molar-refractivity contribution in [1.82, 2.24) is 5.32 Å². The van der Waals surface area contributed by atoms with E-state index in [0.717, 1.165) is 27.4 Å². The highest BCUT2D eigenvalue weighted by atomic mass is 35.5. The summed E-state index contributed by atoms with van der Waals surface area (Å²) in [6, 6.07) is 12.1. The van der Waals surface area contributed by atoms with Crippen LogP contribution in [0.15, 0.2) is 36.4 Å². The minimum atomic E-state index is 0.0575. The summed E-state index contributed by atoms with van der Waals surface area (Å²) in [5.74, 6) is 0.0575. The third kappa shape index (κ3) is 2.67. The van der Waals surface area contributed by atoms with Crippen molar-refractivity contribution in [3.63, 3.8) is 0 Å². The summed E-state index contributed by atoms with van der Waals surface area (Å²) in [7, 11) is 1.93. The summed E-state index contributed by atoms with van der Waals surface area (Å²) >= 11 is 6.14. The van der Waals surface area contributed by atoms with Crippen LogP contribution in [0.3, 0.4) is 0 Å². The number of fused-ring (bicyclic) bond motifs is 1.